The molecule has 4 heteroatoms. The number of hydrogen-bond acceptors (Lipinski definition) is 3. The Bertz CT molecular complexity index is 327. The lowest BCUT2D eigenvalue weighted by Gasteiger charge is -2.25. The van der Waals surface area contributed by atoms with Crippen molar-refractivity contribution >= 4 is 15.9 Å². The average Bonchev–Trinajstić information content (AvgIpc) is 2.31. The molecule has 1 rings (SSSR count). The van der Waals surface area contributed by atoms with Crippen LogP contribution in [0.25, 0.3) is 0 Å². The third-order valence-corrected chi connectivity index (χ3v) is 3.36. The molecule has 0 aliphatic heterocycles. The summed E-state index contributed by atoms with van der Waals surface area (Å²) in [6.45, 7) is 3.11. The first kappa shape index (κ1) is 13.6. The summed E-state index contributed by atoms with van der Waals surface area (Å²) in [5, 5.41) is 21.5. The van der Waals surface area contributed by atoms with Crippen LogP contribution in [0.4, 0.5) is 0 Å². The van der Waals surface area contributed by atoms with Crippen molar-refractivity contribution in [1.82, 2.24) is 5.32 Å². The largest absolute Gasteiger partial charge is 0.396 e. The van der Waals surface area contributed by atoms with Crippen LogP contribution >= 0.6 is 15.9 Å². The molecule has 16 heavy (non-hydrogen) atoms. The van der Waals surface area contributed by atoms with E-state index in [0.29, 0.717) is 6.54 Å². The Morgan fingerprint density at radius 3 is 2.44 bits per heavy atom. The van der Waals surface area contributed by atoms with E-state index in [1.165, 1.54) is 5.56 Å². The van der Waals surface area contributed by atoms with Crippen LogP contribution in [0.5, 0.6) is 0 Å². The molecule has 0 amide bonds. The Morgan fingerprint density at radius 2 is 1.88 bits per heavy atom. The topological polar surface area (TPSA) is 52.5 Å². The zero-order valence-electron chi connectivity index (χ0n) is 9.41. The van der Waals surface area contributed by atoms with Crippen LogP contribution in [0.15, 0.2) is 28.7 Å². The van der Waals surface area contributed by atoms with Crippen molar-refractivity contribution < 1.29 is 10.2 Å². The molecule has 3 N–H and O–H groups in total. The van der Waals surface area contributed by atoms with E-state index in [9.17, 15) is 0 Å². The minimum absolute atomic E-state index is 0.0214. The van der Waals surface area contributed by atoms with Crippen molar-refractivity contribution in [2.24, 2.45) is 5.41 Å². The monoisotopic (exact) mass is 287 g/mol. The zero-order valence-corrected chi connectivity index (χ0v) is 11.0. The molecule has 0 aliphatic rings. The van der Waals surface area contributed by atoms with E-state index in [-0.39, 0.29) is 13.2 Å². The molecular weight excluding hydrogens is 270 g/mol. The molecule has 0 radical (unpaired) electrons. The van der Waals surface area contributed by atoms with Crippen LogP contribution in [-0.2, 0) is 6.54 Å². The Hall–Kier alpha value is -0.420. The molecule has 1 aromatic rings. The third kappa shape index (κ3) is 3.87. The van der Waals surface area contributed by atoms with Crippen molar-refractivity contribution in [2.45, 2.75) is 13.5 Å². The number of rotatable bonds is 6. The van der Waals surface area contributed by atoms with Gasteiger partial charge in [-0.25, -0.2) is 0 Å². The van der Waals surface area contributed by atoms with Gasteiger partial charge in [-0.2, -0.15) is 0 Å². The molecule has 0 saturated carbocycles. The molecule has 3 nitrogen and oxygen atoms in total. The van der Waals surface area contributed by atoms with Crippen molar-refractivity contribution in [3.8, 4) is 0 Å². The molecule has 0 atom stereocenters. The van der Waals surface area contributed by atoms with Gasteiger partial charge in [0.05, 0.1) is 13.2 Å². The minimum atomic E-state index is -0.457. The normalized spacial score (nSPS) is 11.8. The fourth-order valence-electron chi connectivity index (χ4n) is 1.30. The Morgan fingerprint density at radius 1 is 1.25 bits per heavy atom. The van der Waals surface area contributed by atoms with Crippen LogP contribution in [0.2, 0.25) is 0 Å². The molecular formula is C12H18BrNO2. The van der Waals surface area contributed by atoms with Gasteiger partial charge >= 0.3 is 0 Å². The first-order valence-corrected chi connectivity index (χ1v) is 6.06. The van der Waals surface area contributed by atoms with E-state index in [1.807, 2.05) is 31.2 Å². The number of aliphatic hydroxyl groups is 2. The van der Waals surface area contributed by atoms with E-state index < -0.39 is 5.41 Å². The number of benzene rings is 1. The van der Waals surface area contributed by atoms with E-state index >= 15 is 0 Å². The molecule has 0 spiro atoms. The first-order chi connectivity index (χ1) is 7.61. The van der Waals surface area contributed by atoms with Gasteiger partial charge in [-0.3, -0.25) is 0 Å². The number of hydrogen-bond donors (Lipinski definition) is 3. The Kier molecular flexibility index (Phi) is 5.41. The highest BCUT2D eigenvalue weighted by atomic mass is 79.9. The maximum atomic E-state index is 9.13. The maximum absolute atomic E-state index is 9.13. The zero-order chi connectivity index (χ0) is 12.0. The van der Waals surface area contributed by atoms with E-state index in [2.05, 4.69) is 21.2 Å². The molecule has 0 saturated heterocycles. The average molecular weight is 288 g/mol. The van der Waals surface area contributed by atoms with Crippen molar-refractivity contribution in [3.05, 3.63) is 34.3 Å². The SMILES string of the molecule is CC(CO)(CO)CNCc1ccccc1Br. The summed E-state index contributed by atoms with van der Waals surface area (Å²) in [5.41, 5.74) is 0.710. The van der Waals surface area contributed by atoms with Crippen LogP contribution < -0.4 is 5.32 Å². The smallest absolute Gasteiger partial charge is 0.0518 e. The second-order valence-corrected chi connectivity index (χ2v) is 5.18. The summed E-state index contributed by atoms with van der Waals surface area (Å²) < 4.78 is 1.07. The molecule has 0 fully saturated rings. The lowest BCUT2D eigenvalue weighted by Crippen LogP contribution is -2.37. The number of aliphatic hydroxyl groups excluding tert-OH is 2. The lowest BCUT2D eigenvalue weighted by molar-refractivity contribution is 0.0695. The molecule has 0 bridgehead atoms. The van der Waals surface area contributed by atoms with Gasteiger partial charge in [-0.15, -0.1) is 0 Å². The first-order valence-electron chi connectivity index (χ1n) is 5.27. The molecule has 0 aromatic heterocycles. The van der Waals surface area contributed by atoms with Gasteiger partial charge in [0.15, 0.2) is 0 Å². The molecule has 1 aromatic carbocycles. The lowest BCUT2D eigenvalue weighted by atomic mass is 9.93. The quantitative estimate of drug-likeness (QED) is 0.744. The minimum Gasteiger partial charge on any atom is -0.396 e. The summed E-state index contributed by atoms with van der Waals surface area (Å²) in [6.07, 6.45) is 0. The predicted octanol–water partition coefficient (Wildman–Crippen LogP) is 1.53. The highest BCUT2D eigenvalue weighted by Gasteiger charge is 2.21. The van der Waals surface area contributed by atoms with Crippen LogP contribution in [0.1, 0.15) is 12.5 Å². The highest BCUT2D eigenvalue weighted by molar-refractivity contribution is 9.10. The van der Waals surface area contributed by atoms with Gasteiger partial charge in [-0.05, 0) is 11.6 Å². The predicted molar refractivity (Wildman–Crippen MR) is 68.1 cm³/mol. The fourth-order valence-corrected chi connectivity index (χ4v) is 1.73. The highest BCUT2D eigenvalue weighted by Crippen LogP contribution is 2.16. The van der Waals surface area contributed by atoms with Crippen molar-refractivity contribution in [3.63, 3.8) is 0 Å². The maximum Gasteiger partial charge on any atom is 0.0518 e. The van der Waals surface area contributed by atoms with E-state index in [1.54, 1.807) is 0 Å². The molecule has 0 unspecified atom stereocenters. The van der Waals surface area contributed by atoms with Gasteiger partial charge in [0, 0.05) is 23.0 Å². The number of nitrogens with one attached hydrogen (secondary N) is 1. The second kappa shape index (κ2) is 6.35. The summed E-state index contributed by atoms with van der Waals surface area (Å²) >= 11 is 3.47. The van der Waals surface area contributed by atoms with Crippen LogP contribution in [0.3, 0.4) is 0 Å². The standard InChI is InChI=1S/C12H18BrNO2/c1-12(8-15,9-16)7-14-6-10-4-2-3-5-11(10)13/h2-5,14-16H,6-9H2,1H3. The molecule has 0 aliphatic carbocycles. The fraction of sp³-hybridized carbons (Fsp3) is 0.500. The van der Waals surface area contributed by atoms with Gasteiger partial charge in [0.1, 0.15) is 0 Å². The van der Waals surface area contributed by atoms with Gasteiger partial charge in [0.2, 0.25) is 0 Å². The third-order valence-electron chi connectivity index (χ3n) is 2.59. The van der Waals surface area contributed by atoms with Gasteiger partial charge < -0.3 is 15.5 Å². The Labute approximate surface area is 105 Å². The molecule has 90 valence electrons. The summed E-state index contributed by atoms with van der Waals surface area (Å²) in [5.74, 6) is 0. The van der Waals surface area contributed by atoms with Crippen LogP contribution in [0, 0.1) is 5.41 Å². The Balaban J connectivity index is 2.44. The molecule has 0 heterocycles. The summed E-state index contributed by atoms with van der Waals surface area (Å²) in [7, 11) is 0. The van der Waals surface area contributed by atoms with Crippen molar-refractivity contribution in [2.75, 3.05) is 19.8 Å². The second-order valence-electron chi connectivity index (χ2n) is 4.32. The summed E-state index contributed by atoms with van der Waals surface area (Å²) in [4.78, 5) is 0. The number of halogens is 1. The van der Waals surface area contributed by atoms with Crippen molar-refractivity contribution in [1.29, 1.82) is 0 Å². The van der Waals surface area contributed by atoms with E-state index in [0.717, 1.165) is 11.0 Å². The van der Waals surface area contributed by atoms with Crippen LogP contribution in [-0.4, -0.2) is 30.0 Å². The van der Waals surface area contributed by atoms with Gasteiger partial charge in [-0.1, -0.05) is 41.1 Å². The summed E-state index contributed by atoms with van der Waals surface area (Å²) in [6, 6.07) is 7.98. The van der Waals surface area contributed by atoms with Gasteiger partial charge in [0.25, 0.3) is 0 Å². The van der Waals surface area contributed by atoms with E-state index in [4.69, 9.17) is 10.2 Å².